The van der Waals surface area contributed by atoms with Gasteiger partial charge in [0.2, 0.25) is 0 Å². The minimum Gasteiger partial charge on any atom is -0.496 e. The van der Waals surface area contributed by atoms with E-state index in [0.29, 0.717) is 12.8 Å². The molecular formula is C13H14N2O3. The molecule has 1 spiro atoms. The zero-order chi connectivity index (χ0) is 12.8. The summed E-state index contributed by atoms with van der Waals surface area (Å²) in [6.45, 7) is 0. The van der Waals surface area contributed by atoms with Gasteiger partial charge in [-0.05, 0) is 30.0 Å². The highest BCUT2D eigenvalue weighted by atomic mass is 16.5. The van der Waals surface area contributed by atoms with Crippen molar-refractivity contribution in [2.24, 2.45) is 0 Å². The smallest absolute Gasteiger partial charge is 0.322 e. The number of hydrogen-bond acceptors (Lipinski definition) is 3. The number of nitrogens with one attached hydrogen (secondary N) is 2. The normalized spacial score (nSPS) is 25.6. The summed E-state index contributed by atoms with van der Waals surface area (Å²) in [6, 6.07) is 5.41. The number of ether oxygens (including phenoxy) is 1. The molecule has 1 aromatic rings. The number of urea groups is 1. The minimum absolute atomic E-state index is 0.221. The minimum atomic E-state index is -0.767. The van der Waals surface area contributed by atoms with Gasteiger partial charge in [0.25, 0.3) is 5.91 Å². The highest BCUT2D eigenvalue weighted by molar-refractivity contribution is 6.07. The van der Waals surface area contributed by atoms with Gasteiger partial charge in [-0.25, -0.2) is 4.79 Å². The predicted molar refractivity (Wildman–Crippen MR) is 64.4 cm³/mol. The SMILES string of the molecule is COc1cccc2c1CC[C@]1(C2)NC(=O)NC1=O. The molecule has 2 aliphatic rings. The average molecular weight is 246 g/mol. The lowest BCUT2D eigenvalue weighted by Gasteiger charge is -2.32. The molecule has 1 heterocycles. The first-order chi connectivity index (χ1) is 8.64. The monoisotopic (exact) mass is 246 g/mol. The van der Waals surface area contributed by atoms with E-state index in [1.807, 2.05) is 18.2 Å². The molecule has 0 radical (unpaired) electrons. The summed E-state index contributed by atoms with van der Waals surface area (Å²) in [5.74, 6) is 0.632. The number of fused-ring (bicyclic) bond motifs is 1. The average Bonchev–Trinajstić information content (AvgIpc) is 2.62. The van der Waals surface area contributed by atoms with Crippen LogP contribution in [0.15, 0.2) is 18.2 Å². The Kier molecular flexibility index (Phi) is 2.29. The van der Waals surface area contributed by atoms with Crippen LogP contribution in [-0.2, 0) is 17.6 Å². The standard InChI is InChI=1S/C13H14N2O3/c1-18-10-4-2-3-8-7-13(6-5-9(8)10)11(16)14-12(17)15-13/h2-4H,5-7H2,1H3,(H2,14,15,16,17)/t13-/m1/s1. The van der Waals surface area contributed by atoms with Crippen LogP contribution in [0.4, 0.5) is 4.79 Å². The molecule has 3 amide bonds. The topological polar surface area (TPSA) is 67.4 Å². The fraction of sp³-hybridized carbons (Fsp3) is 0.385. The molecule has 1 fully saturated rings. The number of methoxy groups -OCH3 is 1. The predicted octanol–water partition coefficient (Wildman–Crippen LogP) is 0.762. The Balaban J connectivity index is 1.99. The van der Waals surface area contributed by atoms with Crippen LogP contribution in [0.25, 0.3) is 0 Å². The maximum atomic E-state index is 11.9. The fourth-order valence-corrected chi connectivity index (χ4v) is 2.83. The fourth-order valence-electron chi connectivity index (χ4n) is 2.83. The summed E-state index contributed by atoms with van der Waals surface area (Å²) < 4.78 is 5.32. The van der Waals surface area contributed by atoms with Crippen LogP contribution in [0.2, 0.25) is 0 Å². The lowest BCUT2D eigenvalue weighted by molar-refractivity contribution is -0.124. The van der Waals surface area contributed by atoms with Gasteiger partial charge in [-0.1, -0.05) is 12.1 Å². The van der Waals surface area contributed by atoms with Crippen LogP contribution in [-0.4, -0.2) is 24.6 Å². The van der Waals surface area contributed by atoms with Crippen LogP contribution in [0.3, 0.4) is 0 Å². The van der Waals surface area contributed by atoms with E-state index in [-0.39, 0.29) is 5.91 Å². The van der Waals surface area contributed by atoms with E-state index in [9.17, 15) is 9.59 Å². The summed E-state index contributed by atoms with van der Waals surface area (Å²) in [6.07, 6.45) is 1.86. The molecular weight excluding hydrogens is 232 g/mol. The van der Waals surface area contributed by atoms with E-state index in [0.717, 1.165) is 23.3 Å². The molecule has 1 aliphatic heterocycles. The van der Waals surface area contributed by atoms with E-state index in [1.54, 1.807) is 7.11 Å². The van der Waals surface area contributed by atoms with Crippen molar-refractivity contribution in [1.82, 2.24) is 10.6 Å². The number of carbonyl (C=O) groups excluding carboxylic acids is 2. The quantitative estimate of drug-likeness (QED) is 0.719. The lowest BCUT2D eigenvalue weighted by Crippen LogP contribution is -2.51. The Morgan fingerprint density at radius 3 is 2.83 bits per heavy atom. The molecule has 5 nitrogen and oxygen atoms in total. The van der Waals surface area contributed by atoms with Crippen molar-refractivity contribution in [3.05, 3.63) is 29.3 Å². The number of benzene rings is 1. The molecule has 0 unspecified atom stereocenters. The molecule has 5 heteroatoms. The van der Waals surface area contributed by atoms with Crippen molar-refractivity contribution in [3.8, 4) is 5.75 Å². The molecule has 18 heavy (non-hydrogen) atoms. The van der Waals surface area contributed by atoms with Crippen LogP contribution >= 0.6 is 0 Å². The Morgan fingerprint density at radius 2 is 2.17 bits per heavy atom. The maximum absolute atomic E-state index is 11.9. The lowest BCUT2D eigenvalue weighted by atomic mass is 9.77. The zero-order valence-corrected chi connectivity index (χ0v) is 10.1. The first-order valence-electron chi connectivity index (χ1n) is 5.93. The molecule has 1 aromatic carbocycles. The zero-order valence-electron chi connectivity index (χ0n) is 10.1. The second-order valence-corrected chi connectivity index (χ2v) is 4.77. The Bertz CT molecular complexity index is 541. The molecule has 0 aromatic heterocycles. The van der Waals surface area contributed by atoms with Gasteiger partial charge in [0.1, 0.15) is 11.3 Å². The largest absolute Gasteiger partial charge is 0.496 e. The summed E-state index contributed by atoms with van der Waals surface area (Å²) in [7, 11) is 1.64. The highest BCUT2D eigenvalue weighted by Crippen LogP contribution is 2.35. The van der Waals surface area contributed by atoms with E-state index < -0.39 is 11.6 Å². The third kappa shape index (κ3) is 1.47. The second-order valence-electron chi connectivity index (χ2n) is 4.77. The van der Waals surface area contributed by atoms with Gasteiger partial charge < -0.3 is 10.1 Å². The molecule has 3 rings (SSSR count). The van der Waals surface area contributed by atoms with E-state index in [1.165, 1.54) is 0 Å². The Labute approximate surface area is 105 Å². The van der Waals surface area contributed by atoms with Gasteiger partial charge in [-0.2, -0.15) is 0 Å². The molecule has 0 saturated carbocycles. The molecule has 1 aliphatic carbocycles. The third-order valence-electron chi connectivity index (χ3n) is 3.76. The van der Waals surface area contributed by atoms with Crippen LogP contribution in [0.1, 0.15) is 17.5 Å². The first kappa shape index (κ1) is 11.1. The number of rotatable bonds is 1. The van der Waals surface area contributed by atoms with Crippen molar-refractivity contribution < 1.29 is 14.3 Å². The van der Waals surface area contributed by atoms with Crippen LogP contribution in [0.5, 0.6) is 5.75 Å². The summed E-state index contributed by atoms with van der Waals surface area (Å²) in [5.41, 5.74) is 1.44. The van der Waals surface area contributed by atoms with E-state index in [4.69, 9.17) is 4.74 Å². The van der Waals surface area contributed by atoms with Crippen LogP contribution < -0.4 is 15.4 Å². The molecule has 94 valence electrons. The van der Waals surface area contributed by atoms with Gasteiger partial charge in [0.05, 0.1) is 7.11 Å². The van der Waals surface area contributed by atoms with E-state index in [2.05, 4.69) is 10.6 Å². The van der Waals surface area contributed by atoms with Gasteiger partial charge in [0.15, 0.2) is 0 Å². The number of carbonyl (C=O) groups is 2. The van der Waals surface area contributed by atoms with Gasteiger partial charge in [-0.3, -0.25) is 10.1 Å². The van der Waals surface area contributed by atoms with Crippen molar-refractivity contribution in [2.75, 3.05) is 7.11 Å². The number of imide groups is 1. The number of hydrogen-bond donors (Lipinski definition) is 2. The third-order valence-corrected chi connectivity index (χ3v) is 3.76. The van der Waals surface area contributed by atoms with Crippen molar-refractivity contribution in [1.29, 1.82) is 0 Å². The van der Waals surface area contributed by atoms with Gasteiger partial charge in [-0.15, -0.1) is 0 Å². The van der Waals surface area contributed by atoms with Gasteiger partial charge in [0, 0.05) is 6.42 Å². The maximum Gasteiger partial charge on any atom is 0.322 e. The summed E-state index contributed by atoms with van der Waals surface area (Å²) in [5, 5.41) is 5.07. The van der Waals surface area contributed by atoms with Crippen molar-refractivity contribution >= 4 is 11.9 Å². The second kappa shape index (κ2) is 3.73. The Morgan fingerprint density at radius 1 is 1.33 bits per heavy atom. The summed E-state index contributed by atoms with van der Waals surface area (Å²) in [4.78, 5) is 23.2. The molecule has 1 saturated heterocycles. The van der Waals surface area contributed by atoms with Crippen LogP contribution in [0, 0.1) is 0 Å². The van der Waals surface area contributed by atoms with Crippen molar-refractivity contribution in [3.63, 3.8) is 0 Å². The summed E-state index contributed by atoms with van der Waals surface area (Å²) >= 11 is 0. The molecule has 2 N–H and O–H groups in total. The van der Waals surface area contributed by atoms with E-state index >= 15 is 0 Å². The first-order valence-corrected chi connectivity index (χ1v) is 5.93. The van der Waals surface area contributed by atoms with Gasteiger partial charge >= 0.3 is 6.03 Å². The van der Waals surface area contributed by atoms with Crippen molar-refractivity contribution in [2.45, 2.75) is 24.8 Å². The molecule has 0 bridgehead atoms. The molecule has 1 atom stereocenters. The number of amides is 3. The highest BCUT2D eigenvalue weighted by Gasteiger charge is 2.48. The Hall–Kier alpha value is -2.04.